The van der Waals surface area contributed by atoms with Crippen LogP contribution in [0.5, 0.6) is 0 Å². The quantitative estimate of drug-likeness (QED) is 0.659. The van der Waals surface area contributed by atoms with Crippen molar-refractivity contribution in [2.75, 3.05) is 11.1 Å². The zero-order valence-corrected chi connectivity index (χ0v) is 15.3. The Kier molecular flexibility index (Phi) is 3.73. The summed E-state index contributed by atoms with van der Waals surface area (Å²) >= 11 is 5.15. The second-order valence-electron chi connectivity index (χ2n) is 7.66. The zero-order chi connectivity index (χ0) is 18.6. The highest BCUT2D eigenvalue weighted by atomic mass is 32.1. The number of ketones is 1. The van der Waals surface area contributed by atoms with Gasteiger partial charge in [-0.25, -0.2) is 9.37 Å². The first-order valence-electron chi connectivity index (χ1n) is 8.43. The van der Waals surface area contributed by atoms with Gasteiger partial charge in [-0.2, -0.15) is 0 Å². The molecule has 0 bridgehead atoms. The van der Waals surface area contributed by atoms with Gasteiger partial charge in [0.1, 0.15) is 17.5 Å². The number of rotatable bonds is 1. The van der Waals surface area contributed by atoms with E-state index in [0.717, 1.165) is 5.70 Å². The summed E-state index contributed by atoms with van der Waals surface area (Å²) in [6, 6.07) is 6.27. The van der Waals surface area contributed by atoms with Gasteiger partial charge in [-0.15, -0.1) is 0 Å². The number of aromatic nitrogens is 2. The van der Waals surface area contributed by atoms with Gasteiger partial charge < -0.3 is 16.0 Å². The number of nitrogen functional groups attached to an aromatic ring is 1. The van der Waals surface area contributed by atoms with Gasteiger partial charge in [-0.05, 0) is 41.7 Å². The highest BCUT2D eigenvalue weighted by Crippen LogP contribution is 2.49. The largest absolute Gasteiger partial charge is 0.385 e. The molecular weight excluding hydrogens is 351 g/mol. The number of benzene rings is 1. The number of H-pyrrole nitrogens is 1. The van der Waals surface area contributed by atoms with E-state index in [0.29, 0.717) is 41.2 Å². The molecule has 1 aromatic carbocycles. The number of carbonyl (C=O) groups is 1. The van der Waals surface area contributed by atoms with Gasteiger partial charge in [0.05, 0.1) is 0 Å². The molecule has 0 saturated heterocycles. The van der Waals surface area contributed by atoms with Crippen LogP contribution in [0.4, 0.5) is 16.0 Å². The van der Waals surface area contributed by atoms with Gasteiger partial charge in [0, 0.05) is 29.2 Å². The molecule has 1 aliphatic heterocycles. The average Bonchev–Trinajstić information content (AvgIpc) is 2.51. The highest BCUT2D eigenvalue weighted by Gasteiger charge is 2.42. The Balaban J connectivity index is 2.00. The Hall–Kier alpha value is -2.54. The molecule has 2 aromatic rings. The van der Waals surface area contributed by atoms with Crippen LogP contribution in [-0.4, -0.2) is 15.8 Å². The van der Waals surface area contributed by atoms with Crippen LogP contribution < -0.4 is 11.1 Å². The van der Waals surface area contributed by atoms with Crippen molar-refractivity contribution in [2.45, 2.75) is 32.6 Å². The van der Waals surface area contributed by atoms with E-state index in [2.05, 4.69) is 29.1 Å². The molecule has 1 aliphatic carbocycles. The first-order valence-corrected chi connectivity index (χ1v) is 8.84. The Bertz CT molecular complexity index is 1020. The molecule has 2 heterocycles. The van der Waals surface area contributed by atoms with E-state index in [-0.39, 0.29) is 21.8 Å². The van der Waals surface area contributed by atoms with E-state index in [1.807, 2.05) is 6.07 Å². The van der Waals surface area contributed by atoms with Gasteiger partial charge >= 0.3 is 0 Å². The minimum Gasteiger partial charge on any atom is -0.385 e. The molecule has 0 spiro atoms. The van der Waals surface area contributed by atoms with Crippen molar-refractivity contribution in [3.05, 3.63) is 57.3 Å². The molecule has 4 rings (SSSR count). The van der Waals surface area contributed by atoms with Crippen LogP contribution in [0.15, 0.2) is 35.5 Å². The van der Waals surface area contributed by atoms with Gasteiger partial charge in [-0.3, -0.25) is 4.79 Å². The monoisotopic (exact) mass is 370 g/mol. The van der Waals surface area contributed by atoms with Crippen molar-refractivity contribution in [3.63, 3.8) is 0 Å². The molecule has 26 heavy (non-hydrogen) atoms. The standard InChI is InChI=1S/C19H19FN4OS/c1-19(2)7-11-14(12(25)8-19)13(9-4-3-5-10(20)6-9)15-16(21)23-18(26)24-17(15)22-11/h3-6,13H,7-8H2,1-2H3,(H4,21,22,23,24,26). The SMILES string of the molecule is CC1(C)CC(=O)C2=C(C1)Nc1nc(=S)[nH]c(N)c1C2c1cccc(F)c1. The van der Waals surface area contributed by atoms with Crippen LogP contribution >= 0.6 is 12.2 Å². The van der Waals surface area contributed by atoms with Gasteiger partial charge in [-0.1, -0.05) is 26.0 Å². The van der Waals surface area contributed by atoms with E-state index in [4.69, 9.17) is 18.0 Å². The summed E-state index contributed by atoms with van der Waals surface area (Å²) in [5.74, 6) is 0.0878. The predicted octanol–water partition coefficient (Wildman–Crippen LogP) is 4.06. The van der Waals surface area contributed by atoms with Crippen molar-refractivity contribution < 1.29 is 9.18 Å². The highest BCUT2D eigenvalue weighted by molar-refractivity contribution is 7.71. The smallest absolute Gasteiger partial charge is 0.200 e. The fourth-order valence-corrected chi connectivity index (χ4v) is 4.18. The second kappa shape index (κ2) is 5.74. The van der Waals surface area contributed by atoms with E-state index in [9.17, 15) is 9.18 Å². The first-order chi connectivity index (χ1) is 12.2. The Morgan fingerprint density at radius 3 is 2.85 bits per heavy atom. The van der Waals surface area contributed by atoms with Gasteiger partial charge in [0.25, 0.3) is 0 Å². The number of nitrogens with two attached hydrogens (primary N) is 1. The Morgan fingerprint density at radius 2 is 2.12 bits per heavy atom. The molecule has 0 radical (unpaired) electrons. The lowest BCUT2D eigenvalue weighted by Gasteiger charge is -2.39. The number of Topliss-reactive ketones (excluding diaryl/α,β-unsaturated/α-hetero) is 1. The number of nitrogens with one attached hydrogen (secondary N) is 2. The number of nitrogens with zero attached hydrogens (tertiary/aromatic N) is 1. The van der Waals surface area contributed by atoms with E-state index < -0.39 is 5.92 Å². The third-order valence-corrected chi connectivity index (χ3v) is 5.14. The van der Waals surface area contributed by atoms with Crippen molar-refractivity contribution in [1.29, 1.82) is 0 Å². The lowest BCUT2D eigenvalue weighted by Crippen LogP contribution is -2.34. The van der Waals surface area contributed by atoms with Gasteiger partial charge in [0.2, 0.25) is 0 Å². The second-order valence-corrected chi connectivity index (χ2v) is 8.05. The van der Waals surface area contributed by atoms with Crippen molar-refractivity contribution in [3.8, 4) is 0 Å². The predicted molar refractivity (Wildman–Crippen MR) is 101 cm³/mol. The lowest BCUT2D eigenvalue weighted by atomic mass is 9.69. The van der Waals surface area contributed by atoms with Crippen LogP contribution in [0.25, 0.3) is 0 Å². The summed E-state index contributed by atoms with van der Waals surface area (Å²) in [6.07, 6.45) is 1.14. The fourth-order valence-electron chi connectivity index (χ4n) is 3.98. The zero-order valence-electron chi connectivity index (χ0n) is 14.5. The molecule has 1 atom stereocenters. The molecular formula is C19H19FN4OS. The number of carbonyl (C=O) groups excluding carboxylic acids is 1. The minimum atomic E-state index is -0.472. The summed E-state index contributed by atoms with van der Waals surface area (Å²) in [7, 11) is 0. The van der Waals surface area contributed by atoms with Crippen LogP contribution in [0, 0.1) is 16.0 Å². The number of aromatic amines is 1. The molecule has 0 amide bonds. The third kappa shape index (κ3) is 2.72. The van der Waals surface area contributed by atoms with Crippen LogP contribution in [0.3, 0.4) is 0 Å². The molecule has 134 valence electrons. The topological polar surface area (TPSA) is 83.8 Å². The fraction of sp³-hybridized carbons (Fsp3) is 0.316. The number of allylic oxidation sites excluding steroid dienone is 2. The van der Waals surface area contributed by atoms with Gasteiger partial charge in [0.15, 0.2) is 10.6 Å². The molecule has 2 aliphatic rings. The molecule has 0 saturated carbocycles. The number of fused-ring (bicyclic) bond motifs is 1. The molecule has 1 unspecified atom stereocenters. The average molecular weight is 370 g/mol. The Morgan fingerprint density at radius 1 is 1.35 bits per heavy atom. The maximum absolute atomic E-state index is 13.9. The third-order valence-electron chi connectivity index (χ3n) is 4.95. The summed E-state index contributed by atoms with van der Waals surface area (Å²) in [5, 5.41) is 3.27. The molecule has 4 N–H and O–H groups in total. The normalized spacial score (nSPS) is 21.0. The van der Waals surface area contributed by atoms with E-state index in [1.165, 1.54) is 12.1 Å². The van der Waals surface area contributed by atoms with Crippen molar-refractivity contribution in [1.82, 2.24) is 9.97 Å². The maximum atomic E-state index is 13.9. The molecule has 1 aromatic heterocycles. The number of halogens is 1. The Labute approximate surface area is 155 Å². The molecule has 5 nitrogen and oxygen atoms in total. The summed E-state index contributed by atoms with van der Waals surface area (Å²) < 4.78 is 14.2. The number of anilines is 2. The summed E-state index contributed by atoms with van der Waals surface area (Å²) in [4.78, 5) is 20.2. The maximum Gasteiger partial charge on any atom is 0.200 e. The van der Waals surface area contributed by atoms with Crippen LogP contribution in [-0.2, 0) is 4.79 Å². The van der Waals surface area contributed by atoms with E-state index in [1.54, 1.807) is 6.07 Å². The van der Waals surface area contributed by atoms with Crippen LogP contribution in [0.2, 0.25) is 0 Å². The number of hydrogen-bond donors (Lipinski definition) is 3. The molecule has 7 heteroatoms. The minimum absolute atomic E-state index is 0.0468. The van der Waals surface area contributed by atoms with Crippen molar-refractivity contribution >= 4 is 29.6 Å². The number of hydrogen-bond acceptors (Lipinski definition) is 5. The van der Waals surface area contributed by atoms with Crippen LogP contribution in [0.1, 0.15) is 43.7 Å². The van der Waals surface area contributed by atoms with Crippen molar-refractivity contribution in [2.24, 2.45) is 5.41 Å². The summed E-state index contributed by atoms with van der Waals surface area (Å²) in [5.41, 5.74) is 8.81. The first kappa shape index (κ1) is 16.9. The summed E-state index contributed by atoms with van der Waals surface area (Å²) in [6.45, 7) is 4.12. The lowest BCUT2D eigenvalue weighted by molar-refractivity contribution is -0.118. The van der Waals surface area contributed by atoms with E-state index >= 15 is 0 Å². The molecule has 0 fully saturated rings.